The number of esters is 2. The molecule has 0 atom stereocenters. The number of rotatable bonds is 6. The molecule has 0 aliphatic rings. The number of amides is 2. The van der Waals surface area contributed by atoms with E-state index in [0.29, 0.717) is 33.2 Å². The Kier molecular flexibility index (Phi) is 10.7. The molecule has 0 saturated carbocycles. The van der Waals surface area contributed by atoms with Gasteiger partial charge in [-0.3, -0.25) is 14.5 Å². The van der Waals surface area contributed by atoms with Crippen molar-refractivity contribution in [1.82, 2.24) is 15.0 Å². The van der Waals surface area contributed by atoms with E-state index in [2.05, 4.69) is 15.6 Å². The fourth-order valence-electron chi connectivity index (χ4n) is 5.65. The highest BCUT2D eigenvalue weighted by atomic mass is 16.5. The maximum Gasteiger partial charge on any atom is 0.350 e. The molecule has 6 aromatic carbocycles. The topological polar surface area (TPSA) is 153 Å². The Bertz CT molecular complexity index is 2530. The number of carbonyl (C=O) groups is 4. The predicted octanol–water partition coefficient (Wildman–Crippen LogP) is 8.09. The average Bonchev–Trinajstić information content (AvgIpc) is 3.61. The SMILES string of the molecule is CC(=O)Oc1ccccc1.Cc1ccc(C)c(NC(=O)c2cc(OC(=O)c3ccccc3N(C)C(=O)n3nnc4ccccc43)c3ccccc3c2O)c1. The van der Waals surface area contributed by atoms with Gasteiger partial charge in [0, 0.05) is 30.4 Å². The largest absolute Gasteiger partial charge is 0.506 e. The minimum Gasteiger partial charge on any atom is -0.506 e. The smallest absolute Gasteiger partial charge is 0.350 e. The fourth-order valence-corrected chi connectivity index (χ4v) is 5.65. The number of hydrogen-bond acceptors (Lipinski definition) is 9. The molecule has 0 spiro atoms. The van der Waals surface area contributed by atoms with Crippen LogP contribution < -0.4 is 19.7 Å². The first-order valence-electron chi connectivity index (χ1n) is 16.8. The average molecular weight is 722 g/mol. The number of anilines is 2. The summed E-state index contributed by atoms with van der Waals surface area (Å²) in [6.07, 6.45) is 0. The number of carbonyl (C=O) groups excluding carboxylic acids is 4. The van der Waals surface area contributed by atoms with E-state index in [0.717, 1.165) is 15.8 Å². The lowest BCUT2D eigenvalue weighted by atomic mass is 10.0. The van der Waals surface area contributed by atoms with Crippen LogP contribution in [-0.4, -0.2) is 51.0 Å². The molecule has 0 radical (unpaired) electrons. The Hall–Kier alpha value is -7.34. The molecule has 12 nitrogen and oxygen atoms in total. The maximum absolute atomic E-state index is 13.7. The van der Waals surface area contributed by atoms with Gasteiger partial charge in [0.15, 0.2) is 0 Å². The van der Waals surface area contributed by atoms with Gasteiger partial charge in [0.05, 0.1) is 22.3 Å². The van der Waals surface area contributed by atoms with Crippen LogP contribution in [0.4, 0.5) is 16.2 Å². The Balaban J connectivity index is 0.000000432. The summed E-state index contributed by atoms with van der Waals surface area (Å²) in [4.78, 5) is 52.2. The van der Waals surface area contributed by atoms with Crippen LogP contribution in [-0.2, 0) is 4.79 Å². The Labute approximate surface area is 310 Å². The van der Waals surface area contributed by atoms with Crippen molar-refractivity contribution in [2.75, 3.05) is 17.3 Å². The standard InChI is InChI=1S/C34H27N5O5.C8H8O2/c1-20-16-17-21(2)27(18-20)35-32(41)25-19-30(22-10-4-5-11-23(22)31(25)40)44-33(42)24-12-6-8-14-28(24)38(3)34(43)39-29-15-9-7-13-26(29)36-37-39;1-7(9)10-8-5-3-2-4-6-8/h4-19,40H,1-3H3,(H,35,41);2-6H,1H3. The molecule has 12 heteroatoms. The number of benzene rings is 6. The molecule has 0 saturated heterocycles. The predicted molar refractivity (Wildman–Crippen MR) is 205 cm³/mol. The monoisotopic (exact) mass is 721 g/mol. The lowest BCUT2D eigenvalue weighted by Gasteiger charge is -2.20. The number of aryl methyl sites for hydroxylation is 2. The molecule has 7 aromatic rings. The first kappa shape index (κ1) is 36.5. The third-order valence-electron chi connectivity index (χ3n) is 8.38. The zero-order valence-corrected chi connectivity index (χ0v) is 29.8. The summed E-state index contributed by atoms with van der Waals surface area (Å²) in [5.74, 6) is -1.19. The molecule has 7 rings (SSSR count). The molecule has 54 heavy (non-hydrogen) atoms. The highest BCUT2D eigenvalue weighted by Crippen LogP contribution is 2.37. The van der Waals surface area contributed by atoms with Gasteiger partial charge in [-0.15, -0.1) is 5.10 Å². The summed E-state index contributed by atoms with van der Waals surface area (Å²) in [5.41, 5.74) is 3.80. The molecule has 2 amide bonds. The van der Waals surface area contributed by atoms with Gasteiger partial charge in [-0.05, 0) is 73.5 Å². The zero-order chi connectivity index (χ0) is 38.4. The lowest BCUT2D eigenvalue weighted by Crippen LogP contribution is -2.33. The number of nitrogens with zero attached hydrogens (tertiary/aromatic N) is 4. The summed E-state index contributed by atoms with van der Waals surface area (Å²) in [6, 6.07) is 35.8. The van der Waals surface area contributed by atoms with Gasteiger partial charge in [-0.2, -0.15) is 4.68 Å². The van der Waals surface area contributed by atoms with Gasteiger partial charge in [0.2, 0.25) is 0 Å². The number of hydrogen-bond donors (Lipinski definition) is 2. The summed E-state index contributed by atoms with van der Waals surface area (Å²) in [5, 5.41) is 22.7. The number of nitrogens with one attached hydrogen (secondary N) is 1. The van der Waals surface area contributed by atoms with Crippen molar-refractivity contribution in [2.45, 2.75) is 20.8 Å². The van der Waals surface area contributed by atoms with Crippen LogP contribution in [0.5, 0.6) is 17.2 Å². The molecule has 0 fully saturated rings. The third kappa shape index (κ3) is 7.92. The zero-order valence-electron chi connectivity index (χ0n) is 29.8. The lowest BCUT2D eigenvalue weighted by molar-refractivity contribution is -0.131. The normalized spacial score (nSPS) is 10.6. The van der Waals surface area contributed by atoms with Gasteiger partial charge in [0.1, 0.15) is 22.8 Å². The van der Waals surface area contributed by atoms with E-state index in [9.17, 15) is 24.3 Å². The molecule has 1 heterocycles. The molecule has 0 unspecified atom stereocenters. The van der Waals surface area contributed by atoms with Crippen LogP contribution in [0.2, 0.25) is 0 Å². The second-order valence-corrected chi connectivity index (χ2v) is 12.2. The maximum atomic E-state index is 13.7. The van der Waals surface area contributed by atoms with Crippen LogP contribution in [0.3, 0.4) is 0 Å². The number of aromatic hydroxyl groups is 1. The number of phenols is 1. The quantitative estimate of drug-likeness (QED) is 0.128. The van der Waals surface area contributed by atoms with E-state index in [4.69, 9.17) is 9.47 Å². The number of aromatic nitrogens is 3. The number of ether oxygens (including phenoxy) is 2. The number of phenolic OH excluding ortho intramolecular Hbond substituents is 1. The van der Waals surface area contributed by atoms with E-state index in [1.807, 2.05) is 50.2 Å². The number of fused-ring (bicyclic) bond motifs is 2. The van der Waals surface area contributed by atoms with Crippen LogP contribution in [0.15, 0.2) is 127 Å². The van der Waals surface area contributed by atoms with E-state index >= 15 is 0 Å². The summed E-state index contributed by atoms with van der Waals surface area (Å²) < 4.78 is 11.8. The Morgan fingerprint density at radius 1 is 0.741 bits per heavy atom. The second-order valence-electron chi connectivity index (χ2n) is 12.2. The summed E-state index contributed by atoms with van der Waals surface area (Å²) in [7, 11) is 1.52. The van der Waals surface area contributed by atoms with Crippen molar-refractivity contribution in [3.63, 3.8) is 0 Å². The third-order valence-corrected chi connectivity index (χ3v) is 8.38. The first-order chi connectivity index (χ1) is 26.0. The van der Waals surface area contributed by atoms with Gasteiger partial charge >= 0.3 is 18.0 Å². The van der Waals surface area contributed by atoms with Gasteiger partial charge in [-0.1, -0.05) is 84.1 Å². The van der Waals surface area contributed by atoms with Crippen molar-refractivity contribution in [1.29, 1.82) is 0 Å². The Morgan fingerprint density at radius 3 is 2.17 bits per heavy atom. The van der Waals surface area contributed by atoms with Gasteiger partial charge in [0.25, 0.3) is 5.91 Å². The van der Waals surface area contributed by atoms with E-state index in [1.165, 1.54) is 31.0 Å². The van der Waals surface area contributed by atoms with Crippen LogP contribution in [0.1, 0.15) is 38.8 Å². The Morgan fingerprint density at radius 2 is 1.41 bits per heavy atom. The minimum atomic E-state index is -0.763. The van der Waals surface area contributed by atoms with Crippen molar-refractivity contribution < 1.29 is 33.8 Å². The van der Waals surface area contributed by atoms with Crippen LogP contribution >= 0.6 is 0 Å². The molecule has 0 bridgehead atoms. The van der Waals surface area contributed by atoms with Crippen molar-refractivity contribution >= 4 is 57.1 Å². The van der Waals surface area contributed by atoms with Crippen molar-refractivity contribution in [3.8, 4) is 17.2 Å². The van der Waals surface area contributed by atoms with Crippen LogP contribution in [0, 0.1) is 13.8 Å². The second kappa shape index (κ2) is 15.9. The minimum absolute atomic E-state index is 0.0638. The molecule has 1 aromatic heterocycles. The number of para-hydroxylation sites is 3. The first-order valence-corrected chi connectivity index (χ1v) is 16.8. The van der Waals surface area contributed by atoms with Gasteiger partial charge < -0.3 is 19.9 Å². The summed E-state index contributed by atoms with van der Waals surface area (Å²) in [6.45, 7) is 5.16. The molecule has 2 N–H and O–H groups in total. The molecule has 0 aliphatic carbocycles. The summed E-state index contributed by atoms with van der Waals surface area (Å²) >= 11 is 0. The molecule has 270 valence electrons. The fraction of sp³-hybridized carbons (Fsp3) is 0.0952. The van der Waals surface area contributed by atoms with E-state index in [-0.39, 0.29) is 34.3 Å². The molecular weight excluding hydrogens is 686 g/mol. The van der Waals surface area contributed by atoms with E-state index < -0.39 is 17.9 Å². The molecular formula is C42H35N5O7. The van der Waals surface area contributed by atoms with Crippen molar-refractivity contribution in [3.05, 3.63) is 150 Å². The van der Waals surface area contributed by atoms with E-state index in [1.54, 1.807) is 78.9 Å². The van der Waals surface area contributed by atoms with Crippen LogP contribution in [0.25, 0.3) is 21.8 Å². The van der Waals surface area contributed by atoms with Crippen molar-refractivity contribution in [2.24, 2.45) is 0 Å². The van der Waals surface area contributed by atoms with Gasteiger partial charge in [-0.25, -0.2) is 9.59 Å². The molecule has 0 aliphatic heterocycles. The highest BCUT2D eigenvalue weighted by molar-refractivity contribution is 6.12. The highest BCUT2D eigenvalue weighted by Gasteiger charge is 2.25.